The van der Waals surface area contributed by atoms with E-state index >= 15 is 0 Å². The van der Waals surface area contributed by atoms with Gasteiger partial charge in [-0.1, -0.05) is 24.3 Å². The standard InChI is InChI=1S/C20H26FN3OS/c1-3-22-20(23-12-11-17-9-10-18(21)15-16(17)2)24-13-14-26(25)19-7-5-4-6-8-19/h4-10,15H,3,11-14H2,1-2H3,(H2,22,23,24). The van der Waals surface area contributed by atoms with E-state index in [1.54, 1.807) is 6.07 Å². The number of benzene rings is 2. The maximum absolute atomic E-state index is 13.2. The lowest BCUT2D eigenvalue weighted by Crippen LogP contribution is -2.38. The summed E-state index contributed by atoms with van der Waals surface area (Å²) in [6.45, 7) is 5.84. The molecule has 0 aliphatic heterocycles. The molecule has 0 bridgehead atoms. The molecular formula is C20H26FN3OS. The number of halogens is 1. The third kappa shape index (κ3) is 6.59. The monoisotopic (exact) mass is 375 g/mol. The fourth-order valence-corrected chi connectivity index (χ4v) is 3.48. The molecule has 0 saturated heterocycles. The van der Waals surface area contributed by atoms with Crippen LogP contribution in [0.1, 0.15) is 18.1 Å². The Morgan fingerprint density at radius 1 is 1.15 bits per heavy atom. The minimum absolute atomic E-state index is 0.208. The van der Waals surface area contributed by atoms with E-state index in [0.717, 1.165) is 29.0 Å². The van der Waals surface area contributed by atoms with E-state index in [1.165, 1.54) is 6.07 Å². The maximum atomic E-state index is 13.2. The molecule has 2 rings (SSSR count). The minimum atomic E-state index is -1.04. The predicted molar refractivity (Wildman–Crippen MR) is 107 cm³/mol. The van der Waals surface area contributed by atoms with Crippen LogP contribution in [0.15, 0.2) is 58.4 Å². The lowest BCUT2D eigenvalue weighted by Gasteiger charge is -2.12. The first-order chi connectivity index (χ1) is 12.6. The van der Waals surface area contributed by atoms with Crippen molar-refractivity contribution >= 4 is 16.8 Å². The zero-order valence-corrected chi connectivity index (χ0v) is 16.1. The van der Waals surface area contributed by atoms with Gasteiger partial charge in [-0.2, -0.15) is 0 Å². The predicted octanol–water partition coefficient (Wildman–Crippen LogP) is 3.04. The highest BCUT2D eigenvalue weighted by atomic mass is 32.2. The van der Waals surface area contributed by atoms with E-state index in [1.807, 2.05) is 50.2 Å². The van der Waals surface area contributed by atoms with Crippen molar-refractivity contribution in [3.8, 4) is 0 Å². The molecule has 0 radical (unpaired) electrons. The van der Waals surface area contributed by atoms with Crippen molar-refractivity contribution in [1.29, 1.82) is 0 Å². The SMILES string of the molecule is CCNC(=NCCS(=O)c1ccccc1)NCCc1ccc(F)cc1C. The van der Waals surface area contributed by atoms with Crippen molar-refractivity contribution in [2.24, 2.45) is 4.99 Å². The molecule has 2 N–H and O–H groups in total. The summed E-state index contributed by atoms with van der Waals surface area (Å²) in [6, 6.07) is 14.3. The lowest BCUT2D eigenvalue weighted by atomic mass is 10.1. The van der Waals surface area contributed by atoms with Crippen LogP contribution in [0.2, 0.25) is 0 Å². The van der Waals surface area contributed by atoms with Crippen LogP contribution in [0.4, 0.5) is 4.39 Å². The number of aliphatic imine (C=N–C) groups is 1. The topological polar surface area (TPSA) is 53.5 Å². The smallest absolute Gasteiger partial charge is 0.191 e. The van der Waals surface area contributed by atoms with Gasteiger partial charge in [0.25, 0.3) is 0 Å². The first kappa shape index (κ1) is 20.1. The van der Waals surface area contributed by atoms with E-state index < -0.39 is 10.8 Å². The van der Waals surface area contributed by atoms with Crippen LogP contribution in [0.3, 0.4) is 0 Å². The number of rotatable bonds is 8. The second-order valence-corrected chi connectivity index (χ2v) is 7.44. The quantitative estimate of drug-likeness (QED) is 0.551. The fourth-order valence-electron chi connectivity index (χ4n) is 2.53. The molecule has 0 fully saturated rings. The molecular weight excluding hydrogens is 349 g/mol. The van der Waals surface area contributed by atoms with E-state index in [0.29, 0.717) is 24.8 Å². The Labute approximate surface area is 157 Å². The van der Waals surface area contributed by atoms with Crippen molar-refractivity contribution in [3.63, 3.8) is 0 Å². The number of hydrogen-bond donors (Lipinski definition) is 2. The lowest BCUT2D eigenvalue weighted by molar-refractivity contribution is 0.625. The Hall–Kier alpha value is -2.21. The van der Waals surface area contributed by atoms with Gasteiger partial charge in [0.1, 0.15) is 5.82 Å². The van der Waals surface area contributed by atoms with Gasteiger partial charge in [0.2, 0.25) is 0 Å². The van der Waals surface area contributed by atoms with Gasteiger partial charge in [-0.05, 0) is 55.7 Å². The van der Waals surface area contributed by atoms with Crippen molar-refractivity contribution in [3.05, 3.63) is 65.5 Å². The van der Waals surface area contributed by atoms with Crippen molar-refractivity contribution in [2.75, 3.05) is 25.4 Å². The van der Waals surface area contributed by atoms with E-state index in [-0.39, 0.29) is 5.82 Å². The van der Waals surface area contributed by atoms with Crippen LogP contribution in [-0.2, 0) is 17.2 Å². The highest BCUT2D eigenvalue weighted by Crippen LogP contribution is 2.10. The second kappa shape index (κ2) is 10.7. The van der Waals surface area contributed by atoms with Gasteiger partial charge < -0.3 is 10.6 Å². The van der Waals surface area contributed by atoms with E-state index in [9.17, 15) is 8.60 Å². The zero-order valence-electron chi connectivity index (χ0n) is 15.3. The zero-order chi connectivity index (χ0) is 18.8. The van der Waals surface area contributed by atoms with Crippen molar-refractivity contribution in [2.45, 2.75) is 25.2 Å². The van der Waals surface area contributed by atoms with Gasteiger partial charge in [0.05, 0.1) is 17.3 Å². The molecule has 0 aliphatic carbocycles. The summed E-state index contributed by atoms with van der Waals surface area (Å²) in [6.07, 6.45) is 0.784. The summed E-state index contributed by atoms with van der Waals surface area (Å²) >= 11 is 0. The number of guanidine groups is 1. The Kier molecular flexibility index (Phi) is 8.28. The number of aryl methyl sites for hydroxylation is 1. The average Bonchev–Trinajstić information content (AvgIpc) is 2.64. The van der Waals surface area contributed by atoms with Gasteiger partial charge in [-0.15, -0.1) is 0 Å². The first-order valence-corrected chi connectivity index (χ1v) is 10.1. The van der Waals surface area contributed by atoms with Crippen LogP contribution < -0.4 is 10.6 Å². The molecule has 0 aromatic heterocycles. The molecule has 26 heavy (non-hydrogen) atoms. The molecule has 0 saturated carbocycles. The van der Waals surface area contributed by atoms with Gasteiger partial charge in [-0.25, -0.2) is 4.39 Å². The summed E-state index contributed by atoms with van der Waals surface area (Å²) < 4.78 is 25.4. The van der Waals surface area contributed by atoms with Crippen molar-refractivity contribution in [1.82, 2.24) is 10.6 Å². The molecule has 0 amide bonds. The van der Waals surface area contributed by atoms with Crippen LogP contribution in [0.25, 0.3) is 0 Å². The van der Waals surface area contributed by atoms with Crippen LogP contribution in [-0.4, -0.2) is 35.6 Å². The third-order valence-corrected chi connectivity index (χ3v) is 5.24. The molecule has 0 spiro atoms. The van der Waals surface area contributed by atoms with Gasteiger partial charge in [0.15, 0.2) is 5.96 Å². The molecule has 6 heteroatoms. The number of hydrogen-bond acceptors (Lipinski definition) is 2. The summed E-state index contributed by atoms with van der Waals surface area (Å²) in [5, 5.41) is 6.46. The van der Waals surface area contributed by atoms with E-state index in [2.05, 4.69) is 15.6 Å². The fraction of sp³-hybridized carbons (Fsp3) is 0.350. The Balaban J connectivity index is 1.83. The number of nitrogens with zero attached hydrogens (tertiary/aromatic N) is 1. The first-order valence-electron chi connectivity index (χ1n) is 8.80. The van der Waals surface area contributed by atoms with Gasteiger partial charge in [0, 0.05) is 23.7 Å². The van der Waals surface area contributed by atoms with E-state index in [4.69, 9.17) is 0 Å². The Morgan fingerprint density at radius 2 is 1.92 bits per heavy atom. The molecule has 2 aromatic rings. The summed E-state index contributed by atoms with van der Waals surface area (Å²) in [5.41, 5.74) is 2.06. The highest BCUT2D eigenvalue weighted by Gasteiger charge is 2.04. The molecule has 140 valence electrons. The molecule has 2 aromatic carbocycles. The second-order valence-electron chi connectivity index (χ2n) is 5.87. The molecule has 1 unspecified atom stereocenters. The molecule has 1 atom stereocenters. The highest BCUT2D eigenvalue weighted by molar-refractivity contribution is 7.85. The normalized spacial score (nSPS) is 12.7. The average molecular weight is 376 g/mol. The molecule has 0 heterocycles. The summed E-state index contributed by atoms with van der Waals surface area (Å²) in [5.74, 6) is 0.982. The van der Waals surface area contributed by atoms with Crippen molar-refractivity contribution < 1.29 is 8.60 Å². The Morgan fingerprint density at radius 3 is 2.62 bits per heavy atom. The summed E-state index contributed by atoms with van der Waals surface area (Å²) in [4.78, 5) is 5.31. The third-order valence-electron chi connectivity index (χ3n) is 3.89. The maximum Gasteiger partial charge on any atom is 0.191 e. The van der Waals surface area contributed by atoms with Gasteiger partial charge in [-0.3, -0.25) is 9.20 Å². The molecule has 0 aliphatic rings. The molecule has 4 nitrogen and oxygen atoms in total. The van der Waals surface area contributed by atoms with Crippen LogP contribution >= 0.6 is 0 Å². The largest absolute Gasteiger partial charge is 0.357 e. The minimum Gasteiger partial charge on any atom is -0.357 e. The van der Waals surface area contributed by atoms with Crippen LogP contribution in [0.5, 0.6) is 0 Å². The Bertz CT molecular complexity index is 750. The number of nitrogens with one attached hydrogen (secondary N) is 2. The van der Waals surface area contributed by atoms with Crippen LogP contribution in [0, 0.1) is 12.7 Å². The summed E-state index contributed by atoms with van der Waals surface area (Å²) in [7, 11) is -1.04. The van der Waals surface area contributed by atoms with Gasteiger partial charge >= 0.3 is 0 Å².